The van der Waals surface area contributed by atoms with E-state index in [1.54, 1.807) is 5.06 Å². The molecule has 1 aliphatic heterocycles. The third kappa shape index (κ3) is 3.43. The van der Waals surface area contributed by atoms with Gasteiger partial charge in [-0.3, -0.25) is 4.90 Å². The minimum absolute atomic E-state index is 0.0431. The van der Waals surface area contributed by atoms with Crippen molar-refractivity contribution < 1.29 is 14.7 Å². The van der Waals surface area contributed by atoms with Crippen LogP contribution >= 0.6 is 0 Å². The molecule has 0 aromatic heterocycles. The van der Waals surface area contributed by atoms with Crippen molar-refractivity contribution in [1.82, 2.24) is 9.96 Å². The average Bonchev–Trinajstić information content (AvgIpc) is 2.19. The molecule has 0 bridgehead atoms. The number of aliphatic hydroxyl groups excluding tert-OH is 1. The Morgan fingerprint density at radius 3 is 2.56 bits per heavy atom. The summed E-state index contributed by atoms with van der Waals surface area (Å²) in [7, 11) is 1.96. The zero-order valence-corrected chi connectivity index (χ0v) is 10.6. The van der Waals surface area contributed by atoms with Gasteiger partial charge in [0.1, 0.15) is 0 Å². The van der Waals surface area contributed by atoms with E-state index in [2.05, 4.69) is 4.90 Å². The molecule has 1 rings (SSSR count). The number of hydrogen-bond acceptors (Lipinski definition) is 5. The zero-order chi connectivity index (χ0) is 12.3. The van der Waals surface area contributed by atoms with Crippen LogP contribution in [-0.4, -0.2) is 60.4 Å². The first-order valence-electron chi connectivity index (χ1n) is 5.63. The van der Waals surface area contributed by atoms with Crippen molar-refractivity contribution in [2.24, 2.45) is 5.41 Å². The highest BCUT2D eigenvalue weighted by Gasteiger charge is 2.30. The van der Waals surface area contributed by atoms with E-state index in [0.29, 0.717) is 13.1 Å². The van der Waals surface area contributed by atoms with Gasteiger partial charge >= 0.3 is 5.97 Å². The standard InChI is InChI=1S/C11H22N2O3/c1-11(2,3)10(15)16-13-6-5-12(4)9(7-13)8-14/h9,14H,5-8H2,1-4H3. The maximum absolute atomic E-state index is 11.7. The summed E-state index contributed by atoms with van der Waals surface area (Å²) >= 11 is 0. The molecule has 1 atom stereocenters. The van der Waals surface area contributed by atoms with Crippen LogP contribution in [0.1, 0.15) is 20.8 Å². The Labute approximate surface area is 96.9 Å². The summed E-state index contributed by atoms with van der Waals surface area (Å²) in [5.74, 6) is -0.228. The van der Waals surface area contributed by atoms with Gasteiger partial charge in [-0.2, -0.15) is 0 Å². The third-order valence-electron chi connectivity index (χ3n) is 2.77. The first kappa shape index (κ1) is 13.4. The number of piperazine rings is 1. The monoisotopic (exact) mass is 230 g/mol. The summed E-state index contributed by atoms with van der Waals surface area (Å²) in [6.45, 7) is 7.62. The molecule has 1 fully saturated rings. The number of likely N-dealkylation sites (N-methyl/N-ethyl adjacent to an activating group) is 1. The van der Waals surface area contributed by atoms with Crippen LogP contribution in [0.4, 0.5) is 0 Å². The van der Waals surface area contributed by atoms with Crippen LogP contribution in [0.3, 0.4) is 0 Å². The molecule has 0 aromatic rings. The lowest BCUT2D eigenvalue weighted by atomic mass is 9.98. The molecular formula is C11H22N2O3. The van der Waals surface area contributed by atoms with Gasteiger partial charge in [-0.05, 0) is 27.8 Å². The molecule has 16 heavy (non-hydrogen) atoms. The number of hydroxylamine groups is 2. The van der Waals surface area contributed by atoms with Gasteiger partial charge in [0.2, 0.25) is 0 Å². The largest absolute Gasteiger partial charge is 0.395 e. The van der Waals surface area contributed by atoms with Crippen molar-refractivity contribution in [3.63, 3.8) is 0 Å². The highest BCUT2D eigenvalue weighted by molar-refractivity contribution is 5.75. The Morgan fingerprint density at radius 1 is 1.44 bits per heavy atom. The number of hydrogen-bond donors (Lipinski definition) is 1. The minimum Gasteiger partial charge on any atom is -0.395 e. The van der Waals surface area contributed by atoms with E-state index < -0.39 is 5.41 Å². The molecule has 94 valence electrons. The lowest BCUT2D eigenvalue weighted by Gasteiger charge is -2.37. The van der Waals surface area contributed by atoms with Crippen LogP contribution in [0.2, 0.25) is 0 Å². The lowest BCUT2D eigenvalue weighted by molar-refractivity contribution is -0.211. The Kier molecular flexibility index (Phi) is 4.29. The van der Waals surface area contributed by atoms with Crippen molar-refractivity contribution in [2.75, 3.05) is 33.3 Å². The molecule has 0 saturated carbocycles. The molecule has 0 aromatic carbocycles. The van der Waals surface area contributed by atoms with Gasteiger partial charge in [0.05, 0.1) is 18.6 Å². The van der Waals surface area contributed by atoms with Crippen molar-refractivity contribution in [3.05, 3.63) is 0 Å². The Morgan fingerprint density at radius 2 is 2.06 bits per heavy atom. The van der Waals surface area contributed by atoms with E-state index in [-0.39, 0.29) is 18.6 Å². The fourth-order valence-electron chi connectivity index (χ4n) is 1.45. The summed E-state index contributed by atoms with van der Waals surface area (Å²) in [6, 6.07) is 0.0431. The molecule has 1 unspecified atom stereocenters. The van der Waals surface area contributed by atoms with Gasteiger partial charge < -0.3 is 9.94 Å². The third-order valence-corrected chi connectivity index (χ3v) is 2.77. The molecule has 0 amide bonds. The van der Waals surface area contributed by atoms with Gasteiger partial charge in [0.25, 0.3) is 0 Å². The van der Waals surface area contributed by atoms with Gasteiger partial charge in [-0.1, -0.05) is 0 Å². The maximum atomic E-state index is 11.7. The van der Waals surface area contributed by atoms with E-state index >= 15 is 0 Å². The smallest absolute Gasteiger partial charge is 0.330 e. The predicted molar refractivity (Wildman–Crippen MR) is 60.6 cm³/mol. The molecule has 1 N–H and O–H groups in total. The van der Waals surface area contributed by atoms with Gasteiger partial charge in [-0.25, -0.2) is 4.79 Å². The van der Waals surface area contributed by atoms with Crippen LogP contribution in [0.15, 0.2) is 0 Å². The SMILES string of the molecule is CN1CCN(OC(=O)C(C)(C)C)CC1CO. The van der Waals surface area contributed by atoms with E-state index in [9.17, 15) is 4.79 Å². The summed E-state index contributed by atoms with van der Waals surface area (Å²) in [5.41, 5.74) is -0.488. The van der Waals surface area contributed by atoms with Crippen LogP contribution in [0.5, 0.6) is 0 Å². The normalized spacial score (nSPS) is 24.4. The predicted octanol–water partition coefficient (Wildman–Crippen LogP) is 0.0990. The summed E-state index contributed by atoms with van der Waals surface area (Å²) in [6.07, 6.45) is 0. The van der Waals surface area contributed by atoms with Crippen molar-refractivity contribution in [1.29, 1.82) is 0 Å². The summed E-state index contributed by atoms with van der Waals surface area (Å²) in [5, 5.41) is 10.8. The first-order chi connectivity index (χ1) is 7.34. The van der Waals surface area contributed by atoms with Gasteiger partial charge in [-0.15, -0.1) is 5.06 Å². The van der Waals surface area contributed by atoms with Crippen molar-refractivity contribution in [2.45, 2.75) is 26.8 Å². The number of nitrogens with zero attached hydrogens (tertiary/aromatic N) is 2. The van der Waals surface area contributed by atoms with Gasteiger partial charge in [0, 0.05) is 19.1 Å². The Hall–Kier alpha value is -0.650. The maximum Gasteiger partial charge on any atom is 0.330 e. The average molecular weight is 230 g/mol. The number of carbonyl (C=O) groups excluding carboxylic acids is 1. The second-order valence-electron chi connectivity index (χ2n) is 5.33. The fourth-order valence-corrected chi connectivity index (χ4v) is 1.45. The van der Waals surface area contributed by atoms with E-state index in [0.717, 1.165) is 6.54 Å². The fraction of sp³-hybridized carbons (Fsp3) is 0.909. The topological polar surface area (TPSA) is 53.0 Å². The molecular weight excluding hydrogens is 208 g/mol. The number of carbonyl (C=O) groups is 1. The van der Waals surface area contributed by atoms with Crippen LogP contribution in [-0.2, 0) is 9.63 Å². The van der Waals surface area contributed by atoms with Crippen LogP contribution in [0.25, 0.3) is 0 Å². The van der Waals surface area contributed by atoms with Crippen LogP contribution in [0, 0.1) is 5.41 Å². The highest BCUT2D eigenvalue weighted by Crippen LogP contribution is 2.17. The first-order valence-corrected chi connectivity index (χ1v) is 5.63. The summed E-state index contributed by atoms with van der Waals surface area (Å²) < 4.78 is 0. The molecule has 0 spiro atoms. The Bertz CT molecular complexity index is 250. The molecule has 5 heteroatoms. The highest BCUT2D eigenvalue weighted by atomic mass is 16.7. The van der Waals surface area contributed by atoms with Crippen LogP contribution < -0.4 is 0 Å². The molecule has 1 aliphatic rings. The van der Waals surface area contributed by atoms with E-state index in [1.165, 1.54) is 0 Å². The Balaban J connectivity index is 2.48. The lowest BCUT2D eigenvalue weighted by Crippen LogP contribution is -2.53. The van der Waals surface area contributed by atoms with Gasteiger partial charge in [0.15, 0.2) is 0 Å². The zero-order valence-electron chi connectivity index (χ0n) is 10.6. The van der Waals surface area contributed by atoms with E-state index in [1.807, 2.05) is 27.8 Å². The van der Waals surface area contributed by atoms with Crippen molar-refractivity contribution in [3.8, 4) is 0 Å². The quantitative estimate of drug-likeness (QED) is 0.729. The summed E-state index contributed by atoms with van der Waals surface area (Å²) in [4.78, 5) is 19.0. The molecule has 1 heterocycles. The molecule has 0 radical (unpaired) electrons. The molecule has 5 nitrogen and oxygen atoms in total. The second-order valence-corrected chi connectivity index (χ2v) is 5.33. The number of rotatable bonds is 2. The molecule has 0 aliphatic carbocycles. The molecule has 1 saturated heterocycles. The number of aliphatic hydroxyl groups is 1. The van der Waals surface area contributed by atoms with Crippen molar-refractivity contribution >= 4 is 5.97 Å². The van der Waals surface area contributed by atoms with E-state index in [4.69, 9.17) is 9.94 Å². The minimum atomic E-state index is -0.488. The second kappa shape index (κ2) is 5.12.